The van der Waals surface area contributed by atoms with Gasteiger partial charge in [-0.2, -0.15) is 0 Å². The van der Waals surface area contributed by atoms with Crippen molar-refractivity contribution in [3.8, 4) is 0 Å². The third-order valence-corrected chi connectivity index (χ3v) is 0.386. The van der Waals surface area contributed by atoms with Gasteiger partial charge < -0.3 is 0 Å². The predicted molar refractivity (Wildman–Crippen MR) is 25.7 cm³/mol. The minimum Gasteiger partial charge on any atom is -0.281 e. The van der Waals surface area contributed by atoms with Gasteiger partial charge in [0.25, 0.3) is 0 Å². The van der Waals surface area contributed by atoms with Crippen LogP contribution < -0.4 is 0 Å². The first kappa shape index (κ1) is 1.03. The molecule has 0 heterocycles. The fourth-order valence-electron chi connectivity index (χ4n) is 0. The minimum absolute atomic E-state index is 1.70. The molecule has 0 aromatic carbocycles. The third-order valence-electron chi connectivity index (χ3n) is 0.197. The van der Waals surface area contributed by atoms with E-state index >= 15 is 0 Å². The summed E-state index contributed by atoms with van der Waals surface area (Å²) in [5.41, 5.74) is 0. The molecule has 2 heteroatoms. The highest BCUT2D eigenvalue weighted by molar-refractivity contribution is 6.63. The summed E-state index contributed by atoms with van der Waals surface area (Å²) in [5.74, 6) is -3.25. The second kappa shape index (κ2) is 2.19. The first-order valence-electron chi connectivity index (χ1n) is 4.64. The summed E-state index contributed by atoms with van der Waals surface area (Å²) in [6.07, 6.45) is 0. The maximum atomic E-state index is 10.6. The van der Waals surface area contributed by atoms with Crippen molar-refractivity contribution >= 4 is 16.8 Å². The van der Waals surface area contributed by atoms with Gasteiger partial charge in [0.1, 0.15) is 0 Å². The Hall–Kier alpha value is -0.0400. The van der Waals surface area contributed by atoms with Crippen molar-refractivity contribution in [2.75, 3.05) is 0 Å². The van der Waals surface area contributed by atoms with E-state index in [-0.39, 0.29) is 0 Å². The monoisotopic (exact) mass is 113 g/mol. The highest BCUT2D eigenvalue weighted by Crippen LogP contribution is 1.95. The Morgan fingerprint density at radius 1 is 2.17 bits per heavy atom. The summed E-state index contributed by atoms with van der Waals surface area (Å²) in [4.78, 5) is 10.6. The van der Waals surface area contributed by atoms with E-state index in [2.05, 4.69) is 0 Å². The van der Waals surface area contributed by atoms with Gasteiger partial charge in [0, 0.05) is 15.5 Å². The van der Waals surface area contributed by atoms with Crippen LogP contribution in [-0.4, -0.2) is 5.24 Å². The topological polar surface area (TPSA) is 17.1 Å². The molecule has 0 rings (SSSR count). The molecule has 0 aliphatic rings. The van der Waals surface area contributed by atoms with Crippen LogP contribution in [0.15, 0.2) is 0 Å². The zero-order valence-corrected chi connectivity index (χ0v) is 3.54. The molecule has 1 nitrogen and oxygen atoms in total. The van der Waals surface area contributed by atoms with Gasteiger partial charge in [0.2, 0.25) is 5.24 Å². The molecule has 0 saturated carbocycles. The molecule has 0 spiro atoms. The molecule has 6 heavy (non-hydrogen) atoms. The van der Waals surface area contributed by atoms with Crippen molar-refractivity contribution in [3.63, 3.8) is 0 Å². The lowest BCUT2D eigenvalue weighted by Gasteiger charge is -1.88. The van der Waals surface area contributed by atoms with Crippen LogP contribution in [0.25, 0.3) is 0 Å². The van der Waals surface area contributed by atoms with Crippen LogP contribution in [-0.2, 0) is 4.79 Å². The molecular weight excluding hydrogens is 99.5 g/mol. The molecule has 0 bridgehead atoms. The van der Waals surface area contributed by atoms with Crippen molar-refractivity contribution in [2.24, 2.45) is 5.89 Å². The van der Waals surface area contributed by atoms with Crippen LogP contribution in [0.5, 0.6) is 0 Å². The molecule has 0 aromatic heterocycles. The van der Waals surface area contributed by atoms with Gasteiger partial charge in [-0.3, -0.25) is 4.79 Å². The summed E-state index contributed by atoms with van der Waals surface area (Å²) in [6.45, 7) is -6.53. The van der Waals surface area contributed by atoms with Gasteiger partial charge in [-0.15, -0.1) is 0 Å². The second-order valence-corrected chi connectivity index (χ2v) is 0.992. The van der Waals surface area contributed by atoms with E-state index in [9.17, 15) is 4.79 Å². The SMILES string of the molecule is [2H]C([2H])([2H])C([2H])(C(=O)Cl)C([2H])([2H])[2H]. The van der Waals surface area contributed by atoms with Crippen LogP contribution in [0.3, 0.4) is 0 Å². The number of hydrogen-bond donors (Lipinski definition) is 0. The Bertz CT molecular complexity index is 202. The molecule has 0 N–H and O–H groups in total. The van der Waals surface area contributed by atoms with E-state index < -0.39 is 24.8 Å². The smallest absolute Gasteiger partial charge is 0.224 e. The van der Waals surface area contributed by atoms with E-state index in [0.717, 1.165) is 0 Å². The molecule has 0 saturated heterocycles. The van der Waals surface area contributed by atoms with E-state index in [1.54, 1.807) is 0 Å². The van der Waals surface area contributed by atoms with Gasteiger partial charge in [-0.1, -0.05) is 13.7 Å². The minimum atomic E-state index is -3.27. The largest absolute Gasteiger partial charge is 0.281 e. The second-order valence-electron chi connectivity index (χ2n) is 0.649. The fraction of sp³-hybridized carbons (Fsp3) is 0.750. The van der Waals surface area contributed by atoms with Gasteiger partial charge >= 0.3 is 0 Å². The molecule has 0 unspecified atom stereocenters. The van der Waals surface area contributed by atoms with Gasteiger partial charge in [0.05, 0.1) is 0 Å². The lowest BCUT2D eigenvalue weighted by Crippen LogP contribution is -1.95. The van der Waals surface area contributed by atoms with Crippen LogP contribution in [0.4, 0.5) is 0 Å². The van der Waals surface area contributed by atoms with Crippen LogP contribution >= 0.6 is 11.6 Å². The normalized spacial score (nSPS) is 32.5. The Kier molecular flexibility index (Phi) is 0.374. The molecule has 0 fully saturated rings. The van der Waals surface area contributed by atoms with Crippen molar-refractivity contribution in [1.82, 2.24) is 0 Å². The summed E-state index contributed by atoms with van der Waals surface area (Å²) in [6, 6.07) is 0. The molecule has 36 valence electrons. The lowest BCUT2D eigenvalue weighted by molar-refractivity contribution is -0.114. The van der Waals surface area contributed by atoms with E-state index in [1.807, 2.05) is 0 Å². The number of hydrogen-bond acceptors (Lipinski definition) is 1. The third kappa shape index (κ3) is 2.21. The Morgan fingerprint density at radius 2 is 2.67 bits per heavy atom. The Balaban J connectivity index is 5.35. The van der Waals surface area contributed by atoms with Crippen molar-refractivity contribution in [2.45, 2.75) is 13.7 Å². The maximum absolute atomic E-state index is 10.6. The zero-order chi connectivity index (χ0) is 11.1. The Labute approximate surface area is 52.1 Å². The van der Waals surface area contributed by atoms with Crippen molar-refractivity contribution in [3.05, 3.63) is 0 Å². The highest BCUT2D eigenvalue weighted by Gasteiger charge is 1.98. The number of rotatable bonds is 1. The number of carbonyl (C=O) groups is 1. The summed E-state index contributed by atoms with van der Waals surface area (Å²) in [7, 11) is 0. The Morgan fingerprint density at radius 3 is 2.67 bits per heavy atom. The van der Waals surface area contributed by atoms with Crippen molar-refractivity contribution in [1.29, 1.82) is 0 Å². The standard InChI is InChI=1S/C4H7ClO/c1-3(2)4(5)6/h3H,1-2H3/i1D3,2D3,3D. The molecule has 0 aromatic rings. The average Bonchev–Trinajstić information content (AvgIpc) is 1.80. The molecule has 0 radical (unpaired) electrons. The fourth-order valence-corrected chi connectivity index (χ4v) is 0. The summed E-state index contributed by atoms with van der Waals surface area (Å²) >= 11 is 4.81. The van der Waals surface area contributed by atoms with Crippen molar-refractivity contribution < 1.29 is 14.4 Å². The quantitative estimate of drug-likeness (QED) is 0.470. The van der Waals surface area contributed by atoms with Gasteiger partial charge in [-0.25, -0.2) is 0 Å². The van der Waals surface area contributed by atoms with E-state index in [0.29, 0.717) is 0 Å². The molecule has 0 amide bonds. The predicted octanol–water partition coefficient (Wildman–Crippen LogP) is 1.41. The lowest BCUT2D eigenvalue weighted by atomic mass is 10.3. The summed E-state index contributed by atoms with van der Waals surface area (Å²) < 4.78 is 47.6. The van der Waals surface area contributed by atoms with Crippen LogP contribution in [0.1, 0.15) is 23.3 Å². The van der Waals surface area contributed by atoms with Gasteiger partial charge in [-0.05, 0) is 11.6 Å². The highest BCUT2D eigenvalue weighted by atomic mass is 35.5. The first-order chi connectivity index (χ1) is 5.44. The average molecular weight is 114 g/mol. The van der Waals surface area contributed by atoms with E-state index in [1.165, 1.54) is 0 Å². The first-order valence-corrected chi connectivity index (χ1v) is 1.52. The molecular formula is C4H7ClO. The number of halogens is 1. The van der Waals surface area contributed by atoms with Crippen LogP contribution in [0.2, 0.25) is 0 Å². The summed E-state index contributed by atoms with van der Waals surface area (Å²) in [5, 5.41) is -1.70. The number of carbonyl (C=O) groups excluding carboxylic acids is 1. The van der Waals surface area contributed by atoms with Crippen LogP contribution in [0, 0.1) is 5.89 Å². The molecule has 0 aliphatic carbocycles. The molecule has 0 aliphatic heterocycles. The van der Waals surface area contributed by atoms with Gasteiger partial charge in [0.15, 0.2) is 0 Å². The maximum Gasteiger partial charge on any atom is 0.224 e. The molecule has 0 atom stereocenters. The van der Waals surface area contributed by atoms with E-state index in [4.69, 9.17) is 21.2 Å². The zero-order valence-electron chi connectivity index (χ0n) is 9.79.